The quantitative estimate of drug-likeness (QED) is 0.382. The Labute approximate surface area is 197 Å². The van der Waals surface area contributed by atoms with E-state index in [4.69, 9.17) is 0 Å². The molecule has 1 aliphatic heterocycles. The van der Waals surface area contributed by atoms with Crippen LogP contribution in [0.5, 0.6) is 0 Å². The predicted octanol–water partition coefficient (Wildman–Crippen LogP) is 3.00. The molecule has 0 saturated carbocycles. The molecule has 3 aromatic rings. The number of esters is 1. The largest absolute Gasteiger partial charge is 0.465 e. The molecule has 0 spiro atoms. The Morgan fingerprint density at radius 2 is 1.53 bits per heavy atom. The topological polar surface area (TPSA) is 101 Å². The average molecular weight is 479 g/mol. The van der Waals surface area contributed by atoms with E-state index >= 15 is 0 Å². The minimum Gasteiger partial charge on any atom is -0.465 e. The number of carbonyl (C=O) groups excluding carboxylic acids is 3. The van der Waals surface area contributed by atoms with Crippen LogP contribution in [0.25, 0.3) is 0 Å². The lowest BCUT2D eigenvalue weighted by Crippen LogP contribution is -2.45. The maximum atomic E-state index is 13.6. The molecule has 0 N–H and O–H groups in total. The molecular weight excluding hydrogens is 456 g/mol. The van der Waals surface area contributed by atoms with Crippen LogP contribution in [0.1, 0.15) is 22.3 Å². The molecule has 1 aliphatic rings. The van der Waals surface area contributed by atoms with E-state index in [0.29, 0.717) is 5.56 Å². The zero-order valence-corrected chi connectivity index (χ0v) is 19.1. The summed E-state index contributed by atoms with van der Waals surface area (Å²) in [5.41, 5.74) is 1.20. The first kappa shape index (κ1) is 23.3. The van der Waals surface area contributed by atoms with Gasteiger partial charge in [0.1, 0.15) is 6.04 Å². The lowest BCUT2D eigenvalue weighted by Gasteiger charge is -2.27. The third kappa shape index (κ3) is 4.48. The van der Waals surface area contributed by atoms with Gasteiger partial charge in [-0.2, -0.15) is 4.31 Å². The fraction of sp³-hybridized carbons (Fsp3) is 0.160. The molecule has 3 aromatic carbocycles. The van der Waals surface area contributed by atoms with Gasteiger partial charge in [0.25, 0.3) is 5.91 Å². The number of hydrogen-bond acceptors (Lipinski definition) is 6. The predicted molar refractivity (Wildman–Crippen MR) is 124 cm³/mol. The SMILES string of the molecule is COC(=O)c1ccc(N2C(=O)CC(N(Cc3ccccc3)S(=O)(=O)c3ccccc3)C2=O)cc1. The summed E-state index contributed by atoms with van der Waals surface area (Å²) in [6.45, 7) is -0.0725. The number of sulfonamides is 1. The first-order valence-corrected chi connectivity index (χ1v) is 11.9. The van der Waals surface area contributed by atoms with E-state index < -0.39 is 33.8 Å². The number of imide groups is 1. The van der Waals surface area contributed by atoms with Crippen LogP contribution >= 0.6 is 0 Å². The molecule has 34 heavy (non-hydrogen) atoms. The minimum atomic E-state index is -4.09. The molecule has 1 unspecified atom stereocenters. The van der Waals surface area contributed by atoms with Gasteiger partial charge in [0.2, 0.25) is 15.9 Å². The van der Waals surface area contributed by atoms with Gasteiger partial charge in [0.15, 0.2) is 0 Å². The van der Waals surface area contributed by atoms with E-state index in [-0.39, 0.29) is 29.1 Å². The van der Waals surface area contributed by atoms with E-state index in [1.165, 1.54) is 43.5 Å². The van der Waals surface area contributed by atoms with E-state index in [9.17, 15) is 22.8 Å². The van der Waals surface area contributed by atoms with Crippen LogP contribution in [0.4, 0.5) is 5.69 Å². The van der Waals surface area contributed by atoms with Gasteiger partial charge in [-0.15, -0.1) is 0 Å². The first-order chi connectivity index (χ1) is 16.3. The summed E-state index contributed by atoms with van der Waals surface area (Å²) in [5.74, 6) is -1.72. The second kappa shape index (κ2) is 9.58. The molecule has 8 nitrogen and oxygen atoms in total. The molecule has 1 saturated heterocycles. The van der Waals surface area contributed by atoms with Gasteiger partial charge < -0.3 is 4.74 Å². The number of benzene rings is 3. The smallest absolute Gasteiger partial charge is 0.337 e. The van der Waals surface area contributed by atoms with Gasteiger partial charge in [-0.1, -0.05) is 48.5 Å². The molecule has 1 heterocycles. The summed E-state index contributed by atoms with van der Waals surface area (Å²) < 4.78 is 32.9. The van der Waals surface area contributed by atoms with Crippen molar-refractivity contribution in [2.45, 2.75) is 23.9 Å². The molecule has 0 aliphatic carbocycles. The molecule has 174 valence electrons. The number of amides is 2. The Hall–Kier alpha value is -3.82. The number of nitrogens with zero attached hydrogens (tertiary/aromatic N) is 2. The second-order valence-electron chi connectivity index (χ2n) is 7.67. The van der Waals surface area contributed by atoms with Gasteiger partial charge in [0, 0.05) is 6.54 Å². The highest BCUT2D eigenvalue weighted by molar-refractivity contribution is 7.89. The van der Waals surface area contributed by atoms with Crippen LogP contribution in [0.2, 0.25) is 0 Å². The molecule has 2 amide bonds. The number of ether oxygens (including phenoxy) is 1. The highest BCUT2D eigenvalue weighted by Crippen LogP contribution is 2.30. The number of methoxy groups -OCH3 is 1. The van der Waals surface area contributed by atoms with Gasteiger partial charge in [-0.3, -0.25) is 9.59 Å². The molecule has 0 radical (unpaired) electrons. The summed E-state index contributed by atoms with van der Waals surface area (Å²) in [4.78, 5) is 39.0. The monoisotopic (exact) mass is 478 g/mol. The van der Waals surface area contributed by atoms with Crippen molar-refractivity contribution in [3.05, 3.63) is 96.1 Å². The number of carbonyl (C=O) groups is 3. The molecule has 4 rings (SSSR count). The fourth-order valence-electron chi connectivity index (χ4n) is 3.83. The molecule has 0 aromatic heterocycles. The van der Waals surface area contributed by atoms with E-state index in [1.807, 2.05) is 6.07 Å². The van der Waals surface area contributed by atoms with E-state index in [1.54, 1.807) is 42.5 Å². The average Bonchev–Trinajstić information content (AvgIpc) is 3.16. The van der Waals surface area contributed by atoms with E-state index in [0.717, 1.165) is 9.21 Å². The summed E-state index contributed by atoms with van der Waals surface area (Å²) in [6.07, 6.45) is -0.295. The molecule has 1 fully saturated rings. The molecule has 0 bridgehead atoms. The van der Waals surface area contributed by atoms with Crippen LogP contribution in [0.15, 0.2) is 89.8 Å². The van der Waals surface area contributed by atoms with Crippen molar-refractivity contribution in [2.24, 2.45) is 0 Å². The zero-order valence-electron chi connectivity index (χ0n) is 18.3. The normalized spacial score (nSPS) is 16.2. The number of rotatable bonds is 7. The van der Waals surface area contributed by atoms with Crippen molar-refractivity contribution in [1.82, 2.24) is 4.31 Å². The van der Waals surface area contributed by atoms with Crippen molar-refractivity contribution < 1.29 is 27.5 Å². The Bertz CT molecular complexity index is 1310. The van der Waals surface area contributed by atoms with E-state index in [2.05, 4.69) is 4.74 Å². The van der Waals surface area contributed by atoms with Crippen molar-refractivity contribution in [1.29, 1.82) is 0 Å². The maximum absolute atomic E-state index is 13.6. The lowest BCUT2D eigenvalue weighted by molar-refractivity contribution is -0.122. The highest BCUT2D eigenvalue weighted by atomic mass is 32.2. The lowest BCUT2D eigenvalue weighted by atomic mass is 10.2. The van der Waals surface area contributed by atoms with Crippen molar-refractivity contribution in [2.75, 3.05) is 12.0 Å². The summed E-state index contributed by atoms with van der Waals surface area (Å²) >= 11 is 0. The minimum absolute atomic E-state index is 0.0343. The molecular formula is C25H22N2O6S. The summed E-state index contributed by atoms with van der Waals surface area (Å²) in [5, 5.41) is 0. The van der Waals surface area contributed by atoms with Crippen molar-refractivity contribution in [3.8, 4) is 0 Å². The maximum Gasteiger partial charge on any atom is 0.337 e. The standard InChI is InChI=1S/C25H22N2O6S/c1-33-25(30)19-12-14-20(15-13-19)27-23(28)16-22(24(27)29)26(17-18-8-4-2-5-9-18)34(31,32)21-10-6-3-7-11-21/h2-15,22H,16-17H2,1H3. The summed E-state index contributed by atoms with van der Waals surface area (Å²) in [6, 6.07) is 21.3. The Kier molecular flexibility index (Phi) is 6.58. The molecule has 9 heteroatoms. The van der Waals surface area contributed by atoms with Gasteiger partial charge in [0.05, 0.1) is 29.7 Å². The first-order valence-electron chi connectivity index (χ1n) is 10.5. The molecule has 1 atom stereocenters. The Balaban J connectivity index is 1.70. The van der Waals surface area contributed by atoms with Crippen LogP contribution in [0.3, 0.4) is 0 Å². The highest BCUT2D eigenvalue weighted by Gasteiger charge is 2.47. The third-order valence-electron chi connectivity index (χ3n) is 5.55. The van der Waals surface area contributed by atoms with Crippen LogP contribution < -0.4 is 4.90 Å². The number of anilines is 1. The van der Waals surface area contributed by atoms with Gasteiger partial charge in [-0.25, -0.2) is 18.1 Å². The number of hydrogen-bond donors (Lipinski definition) is 0. The Morgan fingerprint density at radius 3 is 2.12 bits per heavy atom. The van der Waals surface area contributed by atoms with Crippen molar-refractivity contribution in [3.63, 3.8) is 0 Å². The second-order valence-corrected chi connectivity index (χ2v) is 9.57. The third-order valence-corrected chi connectivity index (χ3v) is 7.42. The Morgan fingerprint density at radius 1 is 0.941 bits per heavy atom. The zero-order chi connectivity index (χ0) is 24.3. The van der Waals surface area contributed by atoms with Crippen molar-refractivity contribution >= 4 is 33.5 Å². The van der Waals surface area contributed by atoms with Crippen LogP contribution in [-0.2, 0) is 30.9 Å². The van der Waals surface area contributed by atoms with Gasteiger partial charge in [-0.05, 0) is 42.0 Å². The summed E-state index contributed by atoms with van der Waals surface area (Å²) in [7, 11) is -2.84. The van der Waals surface area contributed by atoms with Gasteiger partial charge >= 0.3 is 5.97 Å². The van der Waals surface area contributed by atoms with Crippen LogP contribution in [-0.4, -0.2) is 43.7 Å². The fourth-order valence-corrected chi connectivity index (χ4v) is 5.42. The van der Waals surface area contributed by atoms with Crippen LogP contribution in [0, 0.1) is 0 Å².